The molecule has 39 heavy (non-hydrogen) atoms. The average Bonchev–Trinajstić information content (AvgIpc) is 3.19. The normalized spacial score (nSPS) is 29.2. The van der Waals surface area contributed by atoms with Gasteiger partial charge in [0.25, 0.3) is 0 Å². The molecule has 1 aliphatic heterocycles. The number of amides is 3. The molecule has 2 N–H and O–H groups in total. The van der Waals surface area contributed by atoms with Crippen LogP contribution in [0.2, 0.25) is 0 Å². The number of sulfone groups is 1. The van der Waals surface area contributed by atoms with Crippen LogP contribution in [0.15, 0.2) is 0 Å². The molecule has 1 heterocycles. The van der Waals surface area contributed by atoms with Crippen molar-refractivity contribution in [3.8, 4) is 0 Å². The van der Waals surface area contributed by atoms with Gasteiger partial charge in [0.05, 0.1) is 23.1 Å². The third-order valence-corrected chi connectivity index (χ3v) is 13.0. The van der Waals surface area contributed by atoms with E-state index in [2.05, 4.69) is 24.5 Å². The van der Waals surface area contributed by atoms with Crippen molar-refractivity contribution in [2.24, 2.45) is 23.2 Å². The Bertz CT molecular complexity index is 1050. The first-order valence-electron chi connectivity index (χ1n) is 14.8. The summed E-state index contributed by atoms with van der Waals surface area (Å²) in [5, 5.41) is 6.06. The minimum atomic E-state index is -3.48. The van der Waals surface area contributed by atoms with Gasteiger partial charge in [0.15, 0.2) is 9.84 Å². The van der Waals surface area contributed by atoms with Gasteiger partial charge in [-0.3, -0.25) is 4.79 Å². The highest BCUT2D eigenvalue weighted by Crippen LogP contribution is 2.65. The number of rotatable bonds is 7. The first-order valence-corrected chi connectivity index (χ1v) is 16.5. The molecule has 0 radical (unpaired) electrons. The first-order chi connectivity index (χ1) is 18.1. The van der Waals surface area contributed by atoms with Gasteiger partial charge in [0, 0.05) is 12.5 Å². The van der Waals surface area contributed by atoms with Crippen molar-refractivity contribution in [2.75, 3.05) is 19.4 Å². The lowest BCUT2D eigenvalue weighted by Crippen LogP contribution is -2.62. The zero-order valence-corrected chi connectivity index (χ0v) is 25.5. The number of methoxy groups -OCH3 is 1. The highest BCUT2D eigenvalue weighted by atomic mass is 32.2. The van der Waals surface area contributed by atoms with Crippen LogP contribution in [0.1, 0.15) is 98.8 Å². The Hall–Kier alpha value is -1.84. The van der Waals surface area contributed by atoms with Gasteiger partial charge >= 0.3 is 12.0 Å². The lowest BCUT2D eigenvalue weighted by Gasteiger charge is -2.41. The molecule has 3 aliphatic carbocycles. The topological polar surface area (TPSA) is 122 Å². The molecule has 3 saturated carbocycles. The number of hydrogen-bond donors (Lipinski definition) is 2. The number of likely N-dealkylation sites (tertiary alicyclic amines) is 1. The maximum Gasteiger partial charge on any atom is 0.328 e. The maximum absolute atomic E-state index is 14.1. The zero-order chi connectivity index (χ0) is 28.8. The summed E-state index contributed by atoms with van der Waals surface area (Å²) in [7, 11) is -2.13. The molecule has 0 aromatic rings. The number of urea groups is 1. The maximum atomic E-state index is 14.1. The number of carbonyl (C=O) groups is 3. The molecule has 4 fully saturated rings. The van der Waals surface area contributed by atoms with Gasteiger partial charge in [-0.1, -0.05) is 52.4 Å². The van der Waals surface area contributed by atoms with Crippen LogP contribution in [-0.4, -0.2) is 73.0 Å². The quantitative estimate of drug-likeness (QED) is 0.451. The molecule has 222 valence electrons. The molecule has 10 heteroatoms. The summed E-state index contributed by atoms with van der Waals surface area (Å²) in [6.07, 6.45) is 8.62. The summed E-state index contributed by atoms with van der Waals surface area (Å²) in [5.41, 5.74) is -0.880. The van der Waals surface area contributed by atoms with E-state index in [9.17, 15) is 22.8 Å². The Morgan fingerprint density at radius 2 is 1.59 bits per heavy atom. The molecule has 0 spiro atoms. The second-order valence-corrected chi connectivity index (χ2v) is 16.8. The van der Waals surface area contributed by atoms with Crippen molar-refractivity contribution in [1.29, 1.82) is 0 Å². The Labute approximate surface area is 234 Å². The molecule has 4 atom stereocenters. The van der Waals surface area contributed by atoms with Crippen LogP contribution >= 0.6 is 0 Å². The molecular formula is C29H49N3O6S. The zero-order valence-electron chi connectivity index (χ0n) is 24.7. The number of hydrogen-bond acceptors (Lipinski definition) is 6. The van der Waals surface area contributed by atoms with Crippen LogP contribution in [0.5, 0.6) is 0 Å². The number of carbonyl (C=O) groups excluding carboxylic acids is 3. The van der Waals surface area contributed by atoms with Gasteiger partial charge in [0.1, 0.15) is 12.1 Å². The van der Waals surface area contributed by atoms with E-state index in [1.807, 2.05) is 0 Å². The van der Waals surface area contributed by atoms with E-state index in [1.165, 1.54) is 7.11 Å². The second-order valence-electron chi connectivity index (χ2n) is 14.1. The van der Waals surface area contributed by atoms with Crippen molar-refractivity contribution in [3.63, 3.8) is 0 Å². The van der Waals surface area contributed by atoms with E-state index in [0.29, 0.717) is 19.4 Å². The van der Waals surface area contributed by atoms with E-state index < -0.39 is 44.2 Å². The second kappa shape index (κ2) is 10.9. The fourth-order valence-corrected chi connectivity index (χ4v) is 8.98. The van der Waals surface area contributed by atoms with Gasteiger partial charge in [-0.25, -0.2) is 18.0 Å². The van der Waals surface area contributed by atoms with Crippen LogP contribution in [0.25, 0.3) is 0 Å². The van der Waals surface area contributed by atoms with Gasteiger partial charge in [0.2, 0.25) is 5.91 Å². The first kappa shape index (κ1) is 30.1. The van der Waals surface area contributed by atoms with Crippen LogP contribution in [-0.2, 0) is 24.2 Å². The van der Waals surface area contributed by atoms with Gasteiger partial charge in [-0.15, -0.1) is 0 Å². The SMILES string of the molecule is COC(=O)[C@@H]1[C@@H]2C(CN1C(=O)[C@@H](NC(=O)NC1(CS(=O)(=O)C(C)(C)C)CCCCC1)C1CCCCC1)C2(C)C. The highest BCUT2D eigenvalue weighted by Gasteiger charge is 2.70. The molecule has 9 nitrogen and oxygen atoms in total. The summed E-state index contributed by atoms with van der Waals surface area (Å²) in [6.45, 7) is 9.80. The Morgan fingerprint density at radius 3 is 2.15 bits per heavy atom. The summed E-state index contributed by atoms with van der Waals surface area (Å²) in [5.74, 6) is -0.478. The summed E-state index contributed by atoms with van der Waals surface area (Å²) in [4.78, 5) is 42.2. The van der Waals surface area contributed by atoms with Crippen LogP contribution in [0, 0.1) is 23.2 Å². The number of esters is 1. The smallest absolute Gasteiger partial charge is 0.328 e. The molecule has 1 saturated heterocycles. The third kappa shape index (κ3) is 5.96. The third-order valence-electron chi connectivity index (χ3n) is 10.2. The summed E-state index contributed by atoms with van der Waals surface area (Å²) >= 11 is 0. The summed E-state index contributed by atoms with van der Waals surface area (Å²) < 4.78 is 30.6. The standard InChI is InChI=1S/C29H49N3O6S/c1-27(2,3)39(36,37)18-29(15-11-8-12-16-29)31-26(35)30-22(19-13-9-7-10-14-19)24(33)32-17-20-21(28(20,4)5)23(32)25(34)38-6/h19-23H,7-18H2,1-6H3,(H2,30,31,35)/t20?,21-,22-,23-/m0/s1. The molecular weight excluding hydrogens is 518 g/mol. The number of fused-ring (bicyclic) bond motifs is 1. The van der Waals surface area contributed by atoms with Crippen molar-refractivity contribution in [2.45, 2.75) is 121 Å². The van der Waals surface area contributed by atoms with E-state index >= 15 is 0 Å². The number of nitrogens with one attached hydrogen (secondary N) is 2. The predicted molar refractivity (Wildman–Crippen MR) is 150 cm³/mol. The molecule has 1 unspecified atom stereocenters. The minimum absolute atomic E-state index is 0.0211. The lowest BCUT2D eigenvalue weighted by atomic mass is 9.82. The number of nitrogens with zero attached hydrogens (tertiary/aromatic N) is 1. The molecule has 0 bridgehead atoms. The van der Waals surface area contributed by atoms with E-state index in [0.717, 1.165) is 51.4 Å². The van der Waals surface area contributed by atoms with Gasteiger partial charge < -0.3 is 20.3 Å². The Morgan fingerprint density at radius 1 is 1.00 bits per heavy atom. The Balaban J connectivity index is 1.55. The summed E-state index contributed by atoms with van der Waals surface area (Å²) in [6, 6.07) is -1.90. The lowest BCUT2D eigenvalue weighted by molar-refractivity contribution is -0.154. The fraction of sp³-hybridized carbons (Fsp3) is 0.897. The number of piperidine rings is 1. The van der Waals surface area contributed by atoms with E-state index in [-0.39, 0.29) is 34.8 Å². The molecule has 0 aromatic carbocycles. The van der Waals surface area contributed by atoms with Gasteiger partial charge in [-0.2, -0.15) is 0 Å². The van der Waals surface area contributed by atoms with E-state index in [1.54, 1.807) is 25.7 Å². The molecule has 4 rings (SSSR count). The van der Waals surface area contributed by atoms with Crippen molar-refractivity contribution < 1.29 is 27.5 Å². The average molecular weight is 568 g/mol. The fourth-order valence-electron chi connectivity index (χ4n) is 7.46. The van der Waals surface area contributed by atoms with Crippen molar-refractivity contribution in [3.05, 3.63) is 0 Å². The van der Waals surface area contributed by atoms with Crippen LogP contribution in [0.3, 0.4) is 0 Å². The van der Waals surface area contributed by atoms with Gasteiger partial charge in [-0.05, 0) is 63.7 Å². The van der Waals surface area contributed by atoms with Crippen molar-refractivity contribution >= 4 is 27.7 Å². The molecule has 0 aromatic heterocycles. The van der Waals surface area contributed by atoms with Crippen LogP contribution < -0.4 is 10.6 Å². The monoisotopic (exact) mass is 567 g/mol. The molecule has 3 amide bonds. The van der Waals surface area contributed by atoms with Crippen LogP contribution in [0.4, 0.5) is 4.79 Å². The molecule has 4 aliphatic rings. The predicted octanol–water partition coefficient (Wildman–Crippen LogP) is 3.81. The Kier molecular flexibility index (Phi) is 8.39. The van der Waals surface area contributed by atoms with Crippen molar-refractivity contribution in [1.82, 2.24) is 15.5 Å². The van der Waals surface area contributed by atoms with E-state index in [4.69, 9.17) is 4.74 Å². The highest BCUT2D eigenvalue weighted by molar-refractivity contribution is 7.92. The largest absolute Gasteiger partial charge is 0.467 e. The minimum Gasteiger partial charge on any atom is -0.467 e. The number of ether oxygens (including phenoxy) is 1.